The van der Waals surface area contributed by atoms with Crippen molar-refractivity contribution in [3.63, 3.8) is 0 Å². The summed E-state index contributed by atoms with van der Waals surface area (Å²) in [5.74, 6) is 0.269. The first-order valence-electron chi connectivity index (χ1n) is 5.42. The number of rotatable bonds is 4. The summed E-state index contributed by atoms with van der Waals surface area (Å²) in [7, 11) is 0. The number of hydrogen-bond donors (Lipinski definition) is 2. The first-order valence-corrected chi connectivity index (χ1v) is 5.42. The maximum absolute atomic E-state index is 12.7. The van der Waals surface area contributed by atoms with E-state index in [1.165, 1.54) is 12.3 Å². The number of halogens is 1. The molecule has 1 heterocycles. The summed E-state index contributed by atoms with van der Waals surface area (Å²) < 4.78 is 12.7. The van der Waals surface area contributed by atoms with Crippen LogP contribution in [0.4, 0.5) is 10.2 Å². The summed E-state index contributed by atoms with van der Waals surface area (Å²) in [4.78, 5) is 3.95. The van der Waals surface area contributed by atoms with Crippen molar-refractivity contribution < 1.29 is 4.39 Å². The quantitative estimate of drug-likeness (QED) is 0.849. The minimum atomic E-state index is -0.348. The standard InChI is InChI=1S/C13H14FN3/c14-11-6-7-13(16-9-11)17-12(8-15)10-4-2-1-3-5-10/h1-7,9,12H,8,15H2,(H,16,17). The minimum Gasteiger partial charge on any atom is -0.362 e. The van der Waals surface area contributed by atoms with Gasteiger partial charge < -0.3 is 11.1 Å². The third-order valence-electron chi connectivity index (χ3n) is 2.49. The van der Waals surface area contributed by atoms with Gasteiger partial charge in [-0.3, -0.25) is 0 Å². The van der Waals surface area contributed by atoms with E-state index in [0.717, 1.165) is 5.56 Å². The van der Waals surface area contributed by atoms with Gasteiger partial charge in [0, 0.05) is 6.54 Å². The van der Waals surface area contributed by atoms with Crippen molar-refractivity contribution in [2.24, 2.45) is 5.73 Å². The molecule has 0 saturated heterocycles. The Labute approximate surface area is 99.5 Å². The SMILES string of the molecule is NCC(Nc1ccc(F)cn1)c1ccccc1. The molecule has 0 radical (unpaired) electrons. The predicted molar refractivity (Wildman–Crippen MR) is 66.1 cm³/mol. The van der Waals surface area contributed by atoms with Crippen LogP contribution in [0.1, 0.15) is 11.6 Å². The topological polar surface area (TPSA) is 50.9 Å². The van der Waals surface area contributed by atoms with Crippen molar-refractivity contribution in [1.29, 1.82) is 0 Å². The molecule has 88 valence electrons. The molecule has 0 saturated carbocycles. The summed E-state index contributed by atoms with van der Waals surface area (Å²) in [5.41, 5.74) is 6.80. The largest absolute Gasteiger partial charge is 0.362 e. The molecule has 3 nitrogen and oxygen atoms in total. The fraction of sp³-hybridized carbons (Fsp3) is 0.154. The Hall–Kier alpha value is -1.94. The van der Waals surface area contributed by atoms with E-state index in [2.05, 4.69) is 10.3 Å². The minimum absolute atomic E-state index is 0.0193. The van der Waals surface area contributed by atoms with Gasteiger partial charge in [-0.15, -0.1) is 0 Å². The second kappa shape index (κ2) is 5.41. The highest BCUT2D eigenvalue weighted by Gasteiger charge is 2.09. The number of nitrogens with two attached hydrogens (primary N) is 1. The predicted octanol–water partition coefficient (Wildman–Crippen LogP) is 2.33. The lowest BCUT2D eigenvalue weighted by Crippen LogP contribution is -2.21. The van der Waals surface area contributed by atoms with E-state index in [1.54, 1.807) is 6.07 Å². The Morgan fingerprint density at radius 1 is 1.18 bits per heavy atom. The van der Waals surface area contributed by atoms with Gasteiger partial charge in [-0.25, -0.2) is 9.37 Å². The van der Waals surface area contributed by atoms with Crippen molar-refractivity contribution in [3.8, 4) is 0 Å². The summed E-state index contributed by atoms with van der Waals surface area (Å²) in [6, 6.07) is 12.8. The molecule has 0 amide bonds. The third-order valence-corrected chi connectivity index (χ3v) is 2.49. The number of pyridine rings is 1. The van der Waals surface area contributed by atoms with Gasteiger partial charge in [0.15, 0.2) is 0 Å². The van der Waals surface area contributed by atoms with Crippen molar-refractivity contribution in [2.45, 2.75) is 6.04 Å². The summed E-state index contributed by atoms with van der Waals surface area (Å²) in [6.07, 6.45) is 1.18. The van der Waals surface area contributed by atoms with E-state index in [9.17, 15) is 4.39 Å². The molecule has 3 N–H and O–H groups in total. The van der Waals surface area contributed by atoms with Gasteiger partial charge in [0.2, 0.25) is 0 Å². The van der Waals surface area contributed by atoms with Crippen LogP contribution in [0.25, 0.3) is 0 Å². The normalized spacial score (nSPS) is 12.1. The van der Waals surface area contributed by atoms with Crippen molar-refractivity contribution in [2.75, 3.05) is 11.9 Å². The molecule has 0 fully saturated rings. The molecule has 1 aromatic carbocycles. The van der Waals surface area contributed by atoms with Crippen molar-refractivity contribution in [3.05, 3.63) is 60.0 Å². The number of benzene rings is 1. The molecular formula is C13H14FN3. The van der Waals surface area contributed by atoms with Gasteiger partial charge in [0.25, 0.3) is 0 Å². The Morgan fingerprint density at radius 2 is 1.94 bits per heavy atom. The van der Waals surface area contributed by atoms with E-state index >= 15 is 0 Å². The zero-order valence-corrected chi connectivity index (χ0v) is 9.31. The second-order valence-electron chi connectivity index (χ2n) is 3.70. The van der Waals surface area contributed by atoms with Crippen LogP contribution >= 0.6 is 0 Å². The van der Waals surface area contributed by atoms with Crippen LogP contribution in [-0.2, 0) is 0 Å². The fourth-order valence-corrected chi connectivity index (χ4v) is 1.60. The molecule has 1 unspecified atom stereocenters. The average molecular weight is 231 g/mol. The molecule has 0 aliphatic rings. The van der Waals surface area contributed by atoms with E-state index in [4.69, 9.17) is 5.73 Å². The van der Waals surface area contributed by atoms with E-state index in [1.807, 2.05) is 30.3 Å². The molecule has 2 aromatic rings. The van der Waals surface area contributed by atoms with Gasteiger partial charge in [0.1, 0.15) is 11.6 Å². The molecule has 1 aromatic heterocycles. The van der Waals surface area contributed by atoms with Gasteiger partial charge >= 0.3 is 0 Å². The lowest BCUT2D eigenvalue weighted by atomic mass is 10.1. The van der Waals surface area contributed by atoms with Crippen LogP contribution in [0.15, 0.2) is 48.7 Å². The second-order valence-corrected chi connectivity index (χ2v) is 3.70. The highest BCUT2D eigenvalue weighted by atomic mass is 19.1. The number of nitrogens with one attached hydrogen (secondary N) is 1. The summed E-state index contributed by atoms with van der Waals surface area (Å²) in [5, 5.41) is 3.17. The highest BCUT2D eigenvalue weighted by molar-refractivity contribution is 5.38. The van der Waals surface area contributed by atoms with E-state index in [-0.39, 0.29) is 11.9 Å². The summed E-state index contributed by atoms with van der Waals surface area (Å²) >= 11 is 0. The average Bonchev–Trinajstić information content (AvgIpc) is 2.39. The van der Waals surface area contributed by atoms with Crippen LogP contribution in [0.3, 0.4) is 0 Å². The first-order chi connectivity index (χ1) is 8.29. The Kier molecular flexibility index (Phi) is 3.67. The number of anilines is 1. The van der Waals surface area contributed by atoms with Crippen LogP contribution in [0.5, 0.6) is 0 Å². The maximum Gasteiger partial charge on any atom is 0.141 e. The number of hydrogen-bond acceptors (Lipinski definition) is 3. The van der Waals surface area contributed by atoms with Gasteiger partial charge in [-0.1, -0.05) is 30.3 Å². The Balaban J connectivity index is 2.13. The van der Waals surface area contributed by atoms with E-state index < -0.39 is 0 Å². The fourth-order valence-electron chi connectivity index (χ4n) is 1.60. The number of aromatic nitrogens is 1. The molecular weight excluding hydrogens is 217 g/mol. The Morgan fingerprint density at radius 3 is 2.53 bits per heavy atom. The molecule has 1 atom stereocenters. The third kappa shape index (κ3) is 3.01. The van der Waals surface area contributed by atoms with Gasteiger partial charge in [-0.05, 0) is 17.7 Å². The van der Waals surface area contributed by atoms with Crippen LogP contribution < -0.4 is 11.1 Å². The van der Waals surface area contributed by atoms with Crippen molar-refractivity contribution in [1.82, 2.24) is 4.98 Å². The highest BCUT2D eigenvalue weighted by Crippen LogP contribution is 2.16. The van der Waals surface area contributed by atoms with Gasteiger partial charge in [0.05, 0.1) is 12.2 Å². The maximum atomic E-state index is 12.7. The Bertz CT molecular complexity index is 456. The first kappa shape index (κ1) is 11.5. The molecule has 0 bridgehead atoms. The molecule has 17 heavy (non-hydrogen) atoms. The lowest BCUT2D eigenvalue weighted by molar-refractivity contribution is 0.621. The zero-order chi connectivity index (χ0) is 12.1. The number of nitrogens with zero attached hydrogens (tertiary/aromatic N) is 1. The van der Waals surface area contributed by atoms with Crippen LogP contribution in [0, 0.1) is 5.82 Å². The molecule has 0 spiro atoms. The van der Waals surface area contributed by atoms with Crippen LogP contribution in [0.2, 0.25) is 0 Å². The lowest BCUT2D eigenvalue weighted by Gasteiger charge is -2.17. The smallest absolute Gasteiger partial charge is 0.141 e. The molecule has 0 aliphatic heterocycles. The summed E-state index contributed by atoms with van der Waals surface area (Å²) in [6.45, 7) is 0.447. The van der Waals surface area contributed by atoms with Crippen molar-refractivity contribution >= 4 is 5.82 Å². The zero-order valence-electron chi connectivity index (χ0n) is 9.31. The molecule has 2 rings (SSSR count). The molecule has 4 heteroatoms. The molecule has 0 aliphatic carbocycles. The monoisotopic (exact) mass is 231 g/mol. The van der Waals surface area contributed by atoms with E-state index in [0.29, 0.717) is 12.4 Å². The van der Waals surface area contributed by atoms with Gasteiger partial charge in [-0.2, -0.15) is 0 Å². The van der Waals surface area contributed by atoms with Crippen LogP contribution in [-0.4, -0.2) is 11.5 Å².